The van der Waals surface area contributed by atoms with E-state index in [2.05, 4.69) is 33.4 Å². The van der Waals surface area contributed by atoms with Gasteiger partial charge in [0.1, 0.15) is 0 Å². The molecule has 2 atom stereocenters. The number of rotatable bonds is 3. The van der Waals surface area contributed by atoms with E-state index < -0.39 is 0 Å². The van der Waals surface area contributed by atoms with Crippen LogP contribution in [0.15, 0.2) is 12.2 Å². The third-order valence-corrected chi connectivity index (χ3v) is 3.92. The van der Waals surface area contributed by atoms with Crippen molar-refractivity contribution in [2.24, 2.45) is 5.92 Å². The Balaban J connectivity index is 2.36. The van der Waals surface area contributed by atoms with Crippen molar-refractivity contribution in [2.45, 2.75) is 44.0 Å². The summed E-state index contributed by atoms with van der Waals surface area (Å²) in [6.45, 7) is 4.08. The van der Waals surface area contributed by atoms with Crippen molar-refractivity contribution in [3.05, 3.63) is 12.2 Å². The van der Waals surface area contributed by atoms with Crippen LogP contribution in [0.4, 0.5) is 0 Å². The summed E-state index contributed by atoms with van der Waals surface area (Å²) < 4.78 is 0. The molecule has 1 rings (SSSR count). The van der Waals surface area contributed by atoms with Gasteiger partial charge >= 0.3 is 0 Å². The molecule has 2 unspecified atom stereocenters. The van der Waals surface area contributed by atoms with Crippen LogP contribution in [0.25, 0.3) is 0 Å². The summed E-state index contributed by atoms with van der Waals surface area (Å²) in [5.41, 5.74) is 0. The van der Waals surface area contributed by atoms with E-state index in [0.29, 0.717) is 12.0 Å². The van der Waals surface area contributed by atoms with Gasteiger partial charge in [-0.3, -0.25) is 4.79 Å². The lowest BCUT2D eigenvalue weighted by Crippen LogP contribution is -2.41. The molecule has 0 bridgehead atoms. The molecule has 0 saturated carbocycles. The first kappa shape index (κ1) is 11.8. The zero-order valence-electron chi connectivity index (χ0n) is 8.79. The van der Waals surface area contributed by atoms with Gasteiger partial charge in [-0.2, -0.15) is 0 Å². The summed E-state index contributed by atoms with van der Waals surface area (Å²) in [6, 6.07) is 0.339. The molecular weight excluding hydrogens is 242 g/mol. The molecule has 0 spiro atoms. The van der Waals surface area contributed by atoms with E-state index in [1.165, 1.54) is 0 Å². The molecule has 14 heavy (non-hydrogen) atoms. The molecule has 0 aromatic heterocycles. The van der Waals surface area contributed by atoms with E-state index in [1.807, 2.05) is 13.8 Å². The Morgan fingerprint density at radius 2 is 2.21 bits per heavy atom. The molecule has 80 valence electrons. The molecular formula is C11H18BrNO. The first-order valence-corrected chi connectivity index (χ1v) is 6.12. The van der Waals surface area contributed by atoms with E-state index in [9.17, 15) is 4.79 Å². The summed E-state index contributed by atoms with van der Waals surface area (Å²) in [6.07, 6.45) is 7.45. The minimum atomic E-state index is -0.0617. The second kappa shape index (κ2) is 5.54. The maximum atomic E-state index is 11.7. The molecule has 2 nitrogen and oxygen atoms in total. The third kappa shape index (κ3) is 3.45. The fourth-order valence-electron chi connectivity index (χ4n) is 1.51. The Hall–Kier alpha value is -0.310. The number of hydrogen-bond acceptors (Lipinski definition) is 1. The number of carbonyl (C=O) groups excluding carboxylic acids is 1. The largest absolute Gasteiger partial charge is 0.352 e. The standard InChI is InChI=1S/C11H18BrNO/c1-8(2)10(12)11(14)13-9-6-4-3-5-7-9/h3-4,8-10H,5-7H2,1-2H3,(H,13,14). The molecule has 0 radical (unpaired) electrons. The minimum absolute atomic E-state index is 0.0617. The summed E-state index contributed by atoms with van der Waals surface area (Å²) >= 11 is 3.40. The maximum absolute atomic E-state index is 11.7. The molecule has 0 saturated heterocycles. The van der Waals surface area contributed by atoms with Gasteiger partial charge in [0.15, 0.2) is 0 Å². The van der Waals surface area contributed by atoms with Crippen LogP contribution in [0.5, 0.6) is 0 Å². The molecule has 1 aliphatic rings. The SMILES string of the molecule is CC(C)C(Br)C(=O)NC1CC=CCC1. The van der Waals surface area contributed by atoms with Crippen LogP contribution >= 0.6 is 15.9 Å². The van der Waals surface area contributed by atoms with E-state index in [-0.39, 0.29) is 10.7 Å². The van der Waals surface area contributed by atoms with E-state index in [4.69, 9.17) is 0 Å². The van der Waals surface area contributed by atoms with Gasteiger partial charge in [0, 0.05) is 6.04 Å². The van der Waals surface area contributed by atoms with Crippen LogP contribution < -0.4 is 5.32 Å². The molecule has 3 heteroatoms. The van der Waals surface area contributed by atoms with Crippen molar-refractivity contribution in [3.8, 4) is 0 Å². The highest BCUT2D eigenvalue weighted by molar-refractivity contribution is 9.10. The highest BCUT2D eigenvalue weighted by Gasteiger charge is 2.21. The number of carbonyl (C=O) groups is 1. The van der Waals surface area contributed by atoms with Crippen LogP contribution in [0.3, 0.4) is 0 Å². The monoisotopic (exact) mass is 259 g/mol. The van der Waals surface area contributed by atoms with Gasteiger partial charge in [0.25, 0.3) is 0 Å². The first-order valence-electron chi connectivity index (χ1n) is 5.20. The van der Waals surface area contributed by atoms with Gasteiger partial charge in [-0.05, 0) is 25.2 Å². The fraction of sp³-hybridized carbons (Fsp3) is 0.727. The second-order valence-electron chi connectivity index (χ2n) is 4.14. The molecule has 0 heterocycles. The van der Waals surface area contributed by atoms with Crippen LogP contribution in [-0.2, 0) is 4.79 Å². The maximum Gasteiger partial charge on any atom is 0.234 e. The smallest absolute Gasteiger partial charge is 0.234 e. The predicted octanol–water partition coefficient (Wildman–Crippen LogP) is 2.63. The molecule has 0 aliphatic heterocycles. The summed E-state index contributed by atoms with van der Waals surface area (Å²) in [5.74, 6) is 0.467. The molecule has 0 fully saturated rings. The Labute approximate surface area is 94.3 Å². The Morgan fingerprint density at radius 3 is 2.71 bits per heavy atom. The van der Waals surface area contributed by atoms with E-state index in [0.717, 1.165) is 19.3 Å². The molecule has 1 amide bonds. The lowest BCUT2D eigenvalue weighted by Gasteiger charge is -2.22. The number of allylic oxidation sites excluding steroid dienone is 1. The number of hydrogen-bond donors (Lipinski definition) is 1. The first-order chi connectivity index (χ1) is 6.61. The van der Waals surface area contributed by atoms with Crippen molar-refractivity contribution < 1.29 is 4.79 Å². The van der Waals surface area contributed by atoms with Crippen molar-refractivity contribution in [2.75, 3.05) is 0 Å². The average Bonchev–Trinajstić information content (AvgIpc) is 2.18. The van der Waals surface area contributed by atoms with Gasteiger partial charge in [0.05, 0.1) is 4.83 Å². The fourth-order valence-corrected chi connectivity index (χ4v) is 1.64. The molecule has 1 aliphatic carbocycles. The van der Waals surface area contributed by atoms with Crippen LogP contribution in [0.1, 0.15) is 33.1 Å². The number of alkyl halides is 1. The van der Waals surface area contributed by atoms with Crippen LogP contribution in [-0.4, -0.2) is 16.8 Å². The lowest BCUT2D eigenvalue weighted by atomic mass is 10.0. The molecule has 0 aromatic rings. The molecule has 0 aromatic carbocycles. The van der Waals surface area contributed by atoms with Crippen molar-refractivity contribution in [1.82, 2.24) is 5.32 Å². The number of nitrogens with one attached hydrogen (secondary N) is 1. The zero-order valence-corrected chi connectivity index (χ0v) is 10.4. The Morgan fingerprint density at radius 1 is 1.50 bits per heavy atom. The van der Waals surface area contributed by atoms with E-state index >= 15 is 0 Å². The molecule has 1 N–H and O–H groups in total. The van der Waals surface area contributed by atoms with Gasteiger partial charge < -0.3 is 5.32 Å². The van der Waals surface area contributed by atoms with Crippen molar-refractivity contribution >= 4 is 21.8 Å². The number of halogens is 1. The Kier molecular flexibility index (Phi) is 4.66. The normalized spacial score (nSPS) is 23.6. The van der Waals surface area contributed by atoms with Crippen molar-refractivity contribution in [1.29, 1.82) is 0 Å². The topological polar surface area (TPSA) is 29.1 Å². The lowest BCUT2D eigenvalue weighted by molar-refractivity contribution is -0.121. The summed E-state index contributed by atoms with van der Waals surface area (Å²) in [4.78, 5) is 11.6. The highest BCUT2D eigenvalue weighted by atomic mass is 79.9. The quantitative estimate of drug-likeness (QED) is 0.613. The van der Waals surface area contributed by atoms with Gasteiger partial charge in [-0.15, -0.1) is 0 Å². The minimum Gasteiger partial charge on any atom is -0.352 e. The van der Waals surface area contributed by atoms with Gasteiger partial charge in [-0.1, -0.05) is 41.9 Å². The number of amides is 1. The van der Waals surface area contributed by atoms with Gasteiger partial charge in [-0.25, -0.2) is 0 Å². The highest BCUT2D eigenvalue weighted by Crippen LogP contribution is 2.15. The van der Waals surface area contributed by atoms with E-state index in [1.54, 1.807) is 0 Å². The predicted molar refractivity (Wildman–Crippen MR) is 62.5 cm³/mol. The second-order valence-corrected chi connectivity index (χ2v) is 5.12. The third-order valence-electron chi connectivity index (χ3n) is 2.45. The average molecular weight is 260 g/mol. The Bertz CT molecular complexity index is 225. The summed E-state index contributed by atoms with van der Waals surface area (Å²) in [7, 11) is 0. The van der Waals surface area contributed by atoms with Crippen LogP contribution in [0.2, 0.25) is 0 Å². The van der Waals surface area contributed by atoms with Gasteiger partial charge in [0.2, 0.25) is 5.91 Å². The summed E-state index contributed by atoms with van der Waals surface area (Å²) in [5, 5.41) is 3.06. The van der Waals surface area contributed by atoms with Crippen molar-refractivity contribution in [3.63, 3.8) is 0 Å². The van der Waals surface area contributed by atoms with Crippen LogP contribution in [0, 0.1) is 5.92 Å². The zero-order chi connectivity index (χ0) is 10.6.